The molecule has 4 rings (SSSR count). The number of aromatic nitrogens is 6. The second kappa shape index (κ2) is 8.97. The van der Waals surface area contributed by atoms with Gasteiger partial charge in [-0.15, -0.1) is 5.10 Å². The zero-order valence-electron chi connectivity index (χ0n) is 17.1. The Morgan fingerprint density at radius 2 is 2.10 bits per heavy atom. The maximum Gasteiger partial charge on any atom is 0.245 e. The van der Waals surface area contributed by atoms with Crippen LogP contribution in [-0.4, -0.2) is 110 Å². The van der Waals surface area contributed by atoms with Crippen LogP contribution in [0.1, 0.15) is 18.0 Å². The van der Waals surface area contributed by atoms with E-state index in [-0.39, 0.29) is 24.6 Å². The summed E-state index contributed by atoms with van der Waals surface area (Å²) in [6.07, 6.45) is 6.31. The summed E-state index contributed by atoms with van der Waals surface area (Å²) < 4.78 is 9.43. The van der Waals surface area contributed by atoms with E-state index in [1.54, 1.807) is 4.68 Å². The minimum absolute atomic E-state index is 0.0185. The maximum absolute atomic E-state index is 13.1. The van der Waals surface area contributed by atoms with Crippen LogP contribution in [-0.2, 0) is 23.1 Å². The fraction of sp³-hybridized carbons (Fsp3) is 0.722. The van der Waals surface area contributed by atoms with Gasteiger partial charge in [0.1, 0.15) is 12.9 Å². The molecule has 2 fully saturated rings. The molecule has 0 unspecified atom stereocenters. The SMILES string of the molecule is CN1CCCN(C[C@@H]2OCCN(C(=O)Cn3cnnn3)[C@H]2c2cnn(C)c2)CC1. The molecular weight excluding hydrogens is 374 g/mol. The highest BCUT2D eigenvalue weighted by Crippen LogP contribution is 2.30. The summed E-state index contributed by atoms with van der Waals surface area (Å²) in [7, 11) is 4.05. The highest BCUT2D eigenvalue weighted by molar-refractivity contribution is 5.76. The number of carbonyl (C=O) groups excluding carboxylic acids is 1. The molecule has 2 atom stereocenters. The van der Waals surface area contributed by atoms with Crippen LogP contribution in [0.15, 0.2) is 18.7 Å². The summed E-state index contributed by atoms with van der Waals surface area (Å²) in [5.41, 5.74) is 0.995. The van der Waals surface area contributed by atoms with Gasteiger partial charge in [-0.2, -0.15) is 5.10 Å². The first-order chi connectivity index (χ1) is 14.1. The molecular formula is C18H29N9O2. The Kier molecular flexibility index (Phi) is 6.16. The van der Waals surface area contributed by atoms with Crippen LogP contribution in [0, 0.1) is 0 Å². The molecule has 2 aliphatic heterocycles. The molecule has 0 bridgehead atoms. The summed E-state index contributed by atoms with van der Waals surface area (Å²) >= 11 is 0. The number of ether oxygens (including phenoxy) is 1. The van der Waals surface area contributed by atoms with Crippen molar-refractivity contribution in [3.05, 3.63) is 24.3 Å². The fourth-order valence-electron chi connectivity index (χ4n) is 4.17. The molecule has 0 N–H and O–H groups in total. The Bertz CT molecular complexity index is 793. The average molecular weight is 403 g/mol. The first-order valence-electron chi connectivity index (χ1n) is 10.1. The third kappa shape index (κ3) is 4.80. The maximum atomic E-state index is 13.1. The molecule has 29 heavy (non-hydrogen) atoms. The van der Waals surface area contributed by atoms with Crippen LogP contribution in [0.3, 0.4) is 0 Å². The number of amides is 1. The van der Waals surface area contributed by atoms with Crippen molar-refractivity contribution in [3.8, 4) is 0 Å². The van der Waals surface area contributed by atoms with Crippen LogP contribution >= 0.6 is 0 Å². The molecule has 1 amide bonds. The molecule has 0 aromatic carbocycles. The van der Waals surface area contributed by atoms with E-state index in [1.165, 1.54) is 11.0 Å². The third-order valence-corrected chi connectivity index (χ3v) is 5.68. The number of rotatable bonds is 5. The minimum Gasteiger partial charge on any atom is -0.373 e. The van der Waals surface area contributed by atoms with Gasteiger partial charge >= 0.3 is 0 Å². The molecule has 2 aliphatic rings. The largest absolute Gasteiger partial charge is 0.373 e. The van der Waals surface area contributed by atoms with Crippen molar-refractivity contribution in [1.29, 1.82) is 0 Å². The molecule has 2 aromatic heterocycles. The second-order valence-corrected chi connectivity index (χ2v) is 7.85. The Morgan fingerprint density at radius 1 is 1.21 bits per heavy atom. The van der Waals surface area contributed by atoms with Crippen molar-refractivity contribution < 1.29 is 9.53 Å². The van der Waals surface area contributed by atoms with Crippen molar-refractivity contribution >= 4 is 5.91 Å². The Balaban J connectivity index is 1.53. The molecule has 0 radical (unpaired) electrons. The molecule has 2 aromatic rings. The van der Waals surface area contributed by atoms with E-state index in [0.717, 1.165) is 44.7 Å². The monoisotopic (exact) mass is 403 g/mol. The summed E-state index contributed by atoms with van der Waals surface area (Å²) in [4.78, 5) is 19.8. The molecule has 2 saturated heterocycles. The lowest BCUT2D eigenvalue weighted by Gasteiger charge is -2.42. The number of nitrogens with zero attached hydrogens (tertiary/aromatic N) is 9. The molecule has 158 valence electrons. The van der Waals surface area contributed by atoms with Crippen LogP contribution in [0.4, 0.5) is 0 Å². The highest BCUT2D eigenvalue weighted by atomic mass is 16.5. The van der Waals surface area contributed by atoms with Crippen LogP contribution in [0.2, 0.25) is 0 Å². The Labute approximate surface area is 170 Å². The van der Waals surface area contributed by atoms with Gasteiger partial charge in [-0.3, -0.25) is 14.4 Å². The van der Waals surface area contributed by atoms with Gasteiger partial charge in [0.05, 0.1) is 24.9 Å². The van der Waals surface area contributed by atoms with E-state index in [0.29, 0.717) is 13.2 Å². The molecule has 11 heteroatoms. The van der Waals surface area contributed by atoms with Gasteiger partial charge in [-0.1, -0.05) is 0 Å². The van der Waals surface area contributed by atoms with Gasteiger partial charge in [0.15, 0.2) is 0 Å². The fourth-order valence-corrected chi connectivity index (χ4v) is 4.17. The number of tetrazole rings is 1. The number of hydrogen-bond acceptors (Lipinski definition) is 8. The lowest BCUT2D eigenvalue weighted by molar-refractivity contribution is -0.149. The Morgan fingerprint density at radius 3 is 2.86 bits per heavy atom. The smallest absolute Gasteiger partial charge is 0.245 e. The number of carbonyl (C=O) groups is 1. The molecule has 0 saturated carbocycles. The predicted octanol–water partition coefficient (Wildman–Crippen LogP) is -0.987. The summed E-state index contributed by atoms with van der Waals surface area (Å²) in [6, 6.07) is -0.178. The van der Waals surface area contributed by atoms with Gasteiger partial charge in [0, 0.05) is 45.0 Å². The van der Waals surface area contributed by atoms with E-state index in [1.807, 2.05) is 24.3 Å². The lowest BCUT2D eigenvalue weighted by atomic mass is 10.00. The molecule has 0 spiro atoms. The van der Waals surface area contributed by atoms with E-state index in [4.69, 9.17) is 4.74 Å². The second-order valence-electron chi connectivity index (χ2n) is 7.85. The van der Waals surface area contributed by atoms with Gasteiger partial charge in [0.25, 0.3) is 0 Å². The van der Waals surface area contributed by atoms with E-state index < -0.39 is 0 Å². The third-order valence-electron chi connectivity index (χ3n) is 5.68. The van der Waals surface area contributed by atoms with Crippen LogP contribution < -0.4 is 0 Å². The van der Waals surface area contributed by atoms with Crippen molar-refractivity contribution in [1.82, 2.24) is 44.7 Å². The quantitative estimate of drug-likeness (QED) is 0.628. The van der Waals surface area contributed by atoms with Gasteiger partial charge in [-0.05, 0) is 37.0 Å². The number of morpholine rings is 1. The topological polar surface area (TPSA) is 97.4 Å². The summed E-state index contributed by atoms with van der Waals surface area (Å²) in [6.45, 7) is 6.19. The minimum atomic E-state index is -0.178. The normalized spacial score (nSPS) is 24.6. The average Bonchev–Trinajstić information content (AvgIpc) is 3.32. The lowest BCUT2D eigenvalue weighted by Crippen LogP contribution is -2.52. The number of aryl methyl sites for hydroxylation is 1. The number of likely N-dealkylation sites (N-methyl/N-ethyl adjacent to an activating group) is 1. The van der Waals surface area contributed by atoms with Gasteiger partial charge < -0.3 is 14.5 Å². The van der Waals surface area contributed by atoms with Crippen molar-refractivity contribution in [3.63, 3.8) is 0 Å². The summed E-state index contributed by atoms with van der Waals surface area (Å²) in [5.74, 6) is -0.0185. The zero-order chi connectivity index (χ0) is 20.2. The first-order valence-corrected chi connectivity index (χ1v) is 10.1. The van der Waals surface area contributed by atoms with Crippen LogP contribution in [0.5, 0.6) is 0 Å². The molecule has 11 nitrogen and oxygen atoms in total. The van der Waals surface area contributed by atoms with E-state index in [2.05, 4.69) is 37.5 Å². The standard InChI is InChI=1S/C18H29N9O2/c1-23-4-3-5-25(7-6-23)12-16-18(15-10-20-24(2)11-15)27(8-9-29-16)17(28)13-26-14-19-21-22-26/h10-11,14,16,18H,3-9,12-13H2,1-2H3/t16-,18-/m0/s1. The summed E-state index contributed by atoms with van der Waals surface area (Å²) in [5, 5.41) is 15.4. The van der Waals surface area contributed by atoms with Crippen molar-refractivity contribution in [2.75, 3.05) is 52.9 Å². The first kappa shape index (κ1) is 19.9. The highest BCUT2D eigenvalue weighted by Gasteiger charge is 2.38. The van der Waals surface area contributed by atoms with Gasteiger partial charge in [-0.25, -0.2) is 4.68 Å². The van der Waals surface area contributed by atoms with Crippen LogP contribution in [0.25, 0.3) is 0 Å². The molecule has 0 aliphatic carbocycles. The Hall–Kier alpha value is -2.37. The van der Waals surface area contributed by atoms with E-state index in [9.17, 15) is 4.79 Å². The van der Waals surface area contributed by atoms with E-state index >= 15 is 0 Å². The molecule has 4 heterocycles. The predicted molar refractivity (Wildman–Crippen MR) is 104 cm³/mol. The number of hydrogen-bond donors (Lipinski definition) is 0. The van der Waals surface area contributed by atoms with Gasteiger partial charge in [0.2, 0.25) is 5.91 Å². The van der Waals surface area contributed by atoms with Crippen molar-refractivity contribution in [2.24, 2.45) is 7.05 Å². The zero-order valence-corrected chi connectivity index (χ0v) is 17.1. The van der Waals surface area contributed by atoms with Crippen molar-refractivity contribution in [2.45, 2.75) is 25.1 Å².